The van der Waals surface area contributed by atoms with E-state index in [0.29, 0.717) is 31.0 Å². The third-order valence-electron chi connectivity index (χ3n) is 3.48. The zero-order valence-electron chi connectivity index (χ0n) is 12.2. The molecular weight excluding hydrogens is 292 g/mol. The molecule has 7 heteroatoms. The molecule has 1 aliphatic rings. The highest BCUT2D eigenvalue weighted by Gasteiger charge is 2.31. The molecule has 0 spiro atoms. The minimum Gasteiger partial charge on any atom is -0.494 e. The zero-order valence-corrected chi connectivity index (χ0v) is 13.0. The first kappa shape index (κ1) is 16.1. The van der Waals surface area contributed by atoms with Crippen LogP contribution in [0.25, 0.3) is 0 Å². The van der Waals surface area contributed by atoms with E-state index in [0.717, 1.165) is 12.8 Å². The van der Waals surface area contributed by atoms with Gasteiger partial charge in [-0.2, -0.15) is 12.7 Å². The van der Waals surface area contributed by atoms with Crippen LogP contribution in [0.5, 0.6) is 5.75 Å². The molecule has 0 aliphatic carbocycles. The normalized spacial score (nSPS) is 20.2. The maximum absolute atomic E-state index is 12.5. The number of ether oxygens (including phenoxy) is 1. The van der Waals surface area contributed by atoms with Crippen molar-refractivity contribution in [3.05, 3.63) is 24.3 Å². The van der Waals surface area contributed by atoms with Crippen LogP contribution in [-0.4, -0.2) is 43.6 Å². The van der Waals surface area contributed by atoms with Gasteiger partial charge < -0.3 is 9.84 Å². The molecule has 1 aromatic rings. The second kappa shape index (κ2) is 7.11. The van der Waals surface area contributed by atoms with Crippen molar-refractivity contribution in [2.45, 2.75) is 32.2 Å². The van der Waals surface area contributed by atoms with Gasteiger partial charge in [0.05, 0.1) is 18.9 Å². The number of nitrogens with zero attached hydrogens (tertiary/aromatic N) is 1. The van der Waals surface area contributed by atoms with E-state index in [1.54, 1.807) is 24.3 Å². The summed E-state index contributed by atoms with van der Waals surface area (Å²) in [7, 11) is -3.66. The molecule has 1 atom stereocenters. The summed E-state index contributed by atoms with van der Waals surface area (Å²) in [6.45, 7) is 2.68. The maximum atomic E-state index is 12.5. The number of hydrogen-bond acceptors (Lipinski definition) is 4. The quantitative estimate of drug-likeness (QED) is 0.836. The standard InChI is InChI=1S/C14H22N2O4S/c1-2-20-14-8-5-6-12(10-14)15-21(18,19)16-9-4-3-7-13(16)11-17/h5-6,8,10,13,15,17H,2-4,7,9,11H2,1H3. The molecule has 2 rings (SSSR count). The summed E-state index contributed by atoms with van der Waals surface area (Å²) in [6, 6.07) is 6.50. The fourth-order valence-corrected chi connectivity index (χ4v) is 3.97. The van der Waals surface area contributed by atoms with Crippen LogP contribution in [0.1, 0.15) is 26.2 Å². The average Bonchev–Trinajstić information content (AvgIpc) is 2.47. The Kier molecular flexibility index (Phi) is 5.44. The van der Waals surface area contributed by atoms with E-state index < -0.39 is 10.2 Å². The van der Waals surface area contributed by atoms with Crippen LogP contribution in [0, 0.1) is 0 Å². The van der Waals surface area contributed by atoms with E-state index in [1.165, 1.54) is 4.31 Å². The molecule has 0 saturated carbocycles. The molecule has 1 heterocycles. The minimum atomic E-state index is -3.66. The Morgan fingerprint density at radius 1 is 1.43 bits per heavy atom. The second-order valence-corrected chi connectivity index (χ2v) is 6.63. The van der Waals surface area contributed by atoms with Gasteiger partial charge in [-0.15, -0.1) is 0 Å². The third kappa shape index (κ3) is 4.09. The average molecular weight is 314 g/mol. The molecule has 1 aliphatic heterocycles. The van der Waals surface area contributed by atoms with Gasteiger partial charge in [0.2, 0.25) is 0 Å². The van der Waals surface area contributed by atoms with Crippen molar-refractivity contribution in [2.24, 2.45) is 0 Å². The van der Waals surface area contributed by atoms with Crippen LogP contribution in [0.2, 0.25) is 0 Å². The maximum Gasteiger partial charge on any atom is 0.301 e. The number of benzene rings is 1. The Morgan fingerprint density at radius 3 is 2.95 bits per heavy atom. The lowest BCUT2D eigenvalue weighted by molar-refractivity contribution is 0.156. The number of aliphatic hydroxyl groups excluding tert-OH is 1. The van der Waals surface area contributed by atoms with E-state index in [-0.39, 0.29) is 12.6 Å². The molecule has 1 saturated heterocycles. The Labute approximate surface area is 125 Å². The lowest BCUT2D eigenvalue weighted by atomic mass is 10.1. The van der Waals surface area contributed by atoms with Crippen molar-refractivity contribution in [1.29, 1.82) is 0 Å². The second-order valence-electron chi connectivity index (χ2n) is 5.01. The number of nitrogens with one attached hydrogen (secondary N) is 1. The largest absolute Gasteiger partial charge is 0.494 e. The topological polar surface area (TPSA) is 78.9 Å². The van der Waals surface area contributed by atoms with Crippen molar-refractivity contribution in [1.82, 2.24) is 4.31 Å². The van der Waals surface area contributed by atoms with E-state index in [4.69, 9.17) is 4.74 Å². The monoisotopic (exact) mass is 314 g/mol. The lowest BCUT2D eigenvalue weighted by Gasteiger charge is -2.33. The summed E-state index contributed by atoms with van der Waals surface area (Å²) < 4.78 is 34.2. The van der Waals surface area contributed by atoms with Gasteiger partial charge in [0.15, 0.2) is 0 Å². The first-order valence-electron chi connectivity index (χ1n) is 7.20. The van der Waals surface area contributed by atoms with Gasteiger partial charge in [-0.3, -0.25) is 4.72 Å². The van der Waals surface area contributed by atoms with Gasteiger partial charge in [-0.25, -0.2) is 0 Å². The predicted molar refractivity (Wildman–Crippen MR) is 81.6 cm³/mol. The van der Waals surface area contributed by atoms with Crippen LogP contribution in [-0.2, 0) is 10.2 Å². The van der Waals surface area contributed by atoms with Gasteiger partial charge in [0, 0.05) is 18.7 Å². The zero-order chi connectivity index (χ0) is 15.3. The first-order chi connectivity index (χ1) is 10.1. The summed E-state index contributed by atoms with van der Waals surface area (Å²) in [6.07, 6.45) is 2.45. The Bertz CT molecular complexity index is 562. The fourth-order valence-electron chi connectivity index (χ4n) is 2.50. The van der Waals surface area contributed by atoms with Crippen LogP contribution in [0.3, 0.4) is 0 Å². The summed E-state index contributed by atoms with van der Waals surface area (Å²) in [4.78, 5) is 0. The van der Waals surface area contributed by atoms with Crippen molar-refractivity contribution in [3.8, 4) is 5.75 Å². The Morgan fingerprint density at radius 2 is 2.24 bits per heavy atom. The minimum absolute atomic E-state index is 0.153. The van der Waals surface area contributed by atoms with E-state index >= 15 is 0 Å². The summed E-state index contributed by atoms with van der Waals surface area (Å²) in [5.74, 6) is 0.620. The van der Waals surface area contributed by atoms with Crippen LogP contribution >= 0.6 is 0 Å². The van der Waals surface area contributed by atoms with E-state index in [1.807, 2.05) is 6.92 Å². The molecule has 1 aromatic carbocycles. The highest BCUT2D eigenvalue weighted by Crippen LogP contribution is 2.23. The molecule has 0 bridgehead atoms. The summed E-state index contributed by atoms with van der Waals surface area (Å²) >= 11 is 0. The van der Waals surface area contributed by atoms with Gasteiger partial charge in [-0.05, 0) is 31.9 Å². The van der Waals surface area contributed by atoms with Crippen molar-refractivity contribution < 1.29 is 18.3 Å². The van der Waals surface area contributed by atoms with Gasteiger partial charge >= 0.3 is 10.2 Å². The molecule has 1 fully saturated rings. The lowest BCUT2D eigenvalue weighted by Crippen LogP contribution is -2.47. The van der Waals surface area contributed by atoms with Gasteiger partial charge in [-0.1, -0.05) is 12.5 Å². The van der Waals surface area contributed by atoms with Crippen LogP contribution < -0.4 is 9.46 Å². The van der Waals surface area contributed by atoms with Crippen molar-refractivity contribution in [2.75, 3.05) is 24.5 Å². The fraction of sp³-hybridized carbons (Fsp3) is 0.571. The highest BCUT2D eigenvalue weighted by atomic mass is 32.2. The highest BCUT2D eigenvalue weighted by molar-refractivity contribution is 7.90. The molecule has 0 radical (unpaired) electrons. The number of aliphatic hydroxyl groups is 1. The molecular formula is C14H22N2O4S. The SMILES string of the molecule is CCOc1cccc(NS(=O)(=O)N2CCCCC2CO)c1. The number of piperidine rings is 1. The Balaban J connectivity index is 2.14. The molecule has 6 nitrogen and oxygen atoms in total. The summed E-state index contributed by atoms with van der Waals surface area (Å²) in [5, 5.41) is 9.35. The predicted octanol–water partition coefficient (Wildman–Crippen LogP) is 1.59. The smallest absolute Gasteiger partial charge is 0.301 e. The van der Waals surface area contributed by atoms with Crippen LogP contribution in [0.4, 0.5) is 5.69 Å². The third-order valence-corrected chi connectivity index (χ3v) is 5.08. The van der Waals surface area contributed by atoms with Gasteiger partial charge in [0.25, 0.3) is 0 Å². The number of rotatable bonds is 6. The van der Waals surface area contributed by atoms with E-state index in [9.17, 15) is 13.5 Å². The molecule has 2 N–H and O–H groups in total. The molecule has 118 valence electrons. The van der Waals surface area contributed by atoms with E-state index in [2.05, 4.69) is 4.72 Å². The van der Waals surface area contributed by atoms with Crippen molar-refractivity contribution in [3.63, 3.8) is 0 Å². The molecule has 0 amide bonds. The molecule has 21 heavy (non-hydrogen) atoms. The molecule has 1 unspecified atom stereocenters. The molecule has 0 aromatic heterocycles. The van der Waals surface area contributed by atoms with Crippen LogP contribution in [0.15, 0.2) is 24.3 Å². The number of hydrogen-bond donors (Lipinski definition) is 2. The number of anilines is 1. The van der Waals surface area contributed by atoms with Gasteiger partial charge in [0.1, 0.15) is 5.75 Å². The Hall–Kier alpha value is -1.31. The first-order valence-corrected chi connectivity index (χ1v) is 8.64. The summed E-state index contributed by atoms with van der Waals surface area (Å²) in [5.41, 5.74) is 0.461. The van der Waals surface area contributed by atoms with Crippen molar-refractivity contribution >= 4 is 15.9 Å².